The Morgan fingerprint density at radius 2 is 1.70 bits per heavy atom. The van der Waals surface area contributed by atoms with Crippen molar-refractivity contribution in [3.8, 4) is 11.1 Å². The lowest BCUT2D eigenvalue weighted by atomic mass is 10.00. The van der Waals surface area contributed by atoms with Crippen LogP contribution >= 0.6 is 0 Å². The minimum absolute atomic E-state index is 0.150. The number of benzene rings is 2. The third-order valence-electron chi connectivity index (χ3n) is 3.60. The van der Waals surface area contributed by atoms with Crippen molar-refractivity contribution in [1.29, 1.82) is 0 Å². The topological polar surface area (TPSA) is 12.0 Å². The molecule has 0 aliphatic heterocycles. The summed E-state index contributed by atoms with van der Waals surface area (Å²) in [5.41, 5.74) is 4.15. The first-order valence-corrected chi connectivity index (χ1v) is 7.21. The van der Waals surface area contributed by atoms with Gasteiger partial charge in [0.1, 0.15) is 5.82 Å². The SMILES string of the molecule is CCCNC(C)c1ccc(-c2ccc(F)c(C)c2)cc1. The Morgan fingerprint density at radius 3 is 2.30 bits per heavy atom. The van der Waals surface area contributed by atoms with Crippen LogP contribution in [0.3, 0.4) is 0 Å². The summed E-state index contributed by atoms with van der Waals surface area (Å²) >= 11 is 0. The van der Waals surface area contributed by atoms with Gasteiger partial charge < -0.3 is 5.32 Å². The number of nitrogens with one attached hydrogen (secondary N) is 1. The van der Waals surface area contributed by atoms with Crippen molar-refractivity contribution in [2.24, 2.45) is 0 Å². The molecule has 0 aliphatic carbocycles. The highest BCUT2D eigenvalue weighted by molar-refractivity contribution is 5.64. The molecule has 2 aromatic rings. The van der Waals surface area contributed by atoms with Crippen LogP contribution in [0, 0.1) is 12.7 Å². The largest absolute Gasteiger partial charge is 0.310 e. The summed E-state index contributed by atoms with van der Waals surface area (Å²) in [6.45, 7) is 7.16. The van der Waals surface area contributed by atoms with E-state index in [2.05, 4.69) is 43.4 Å². The van der Waals surface area contributed by atoms with Crippen molar-refractivity contribution in [2.45, 2.75) is 33.2 Å². The van der Waals surface area contributed by atoms with E-state index in [4.69, 9.17) is 0 Å². The Labute approximate surface area is 120 Å². The molecule has 0 radical (unpaired) electrons. The summed E-state index contributed by atoms with van der Waals surface area (Å²) in [6, 6.07) is 14.1. The minimum atomic E-state index is -0.150. The molecular weight excluding hydrogens is 249 g/mol. The molecule has 0 fully saturated rings. The van der Waals surface area contributed by atoms with E-state index < -0.39 is 0 Å². The van der Waals surface area contributed by atoms with Crippen LogP contribution in [0.25, 0.3) is 11.1 Å². The van der Waals surface area contributed by atoms with E-state index in [0.29, 0.717) is 11.6 Å². The zero-order valence-corrected chi connectivity index (χ0v) is 12.4. The number of hydrogen-bond acceptors (Lipinski definition) is 1. The first kappa shape index (κ1) is 14.7. The molecule has 0 aliphatic rings. The first-order chi connectivity index (χ1) is 9.61. The predicted octanol–water partition coefficient (Wildman–Crippen LogP) is 4.86. The van der Waals surface area contributed by atoms with Gasteiger partial charge in [0.05, 0.1) is 0 Å². The van der Waals surface area contributed by atoms with Crippen LogP contribution in [0.2, 0.25) is 0 Å². The number of halogens is 1. The molecular formula is C18H22FN. The van der Waals surface area contributed by atoms with E-state index in [1.807, 2.05) is 12.1 Å². The average molecular weight is 271 g/mol. The van der Waals surface area contributed by atoms with Gasteiger partial charge in [0.15, 0.2) is 0 Å². The third-order valence-corrected chi connectivity index (χ3v) is 3.60. The van der Waals surface area contributed by atoms with Crippen molar-refractivity contribution >= 4 is 0 Å². The van der Waals surface area contributed by atoms with Gasteiger partial charge in [0.2, 0.25) is 0 Å². The molecule has 0 saturated heterocycles. The Kier molecular flexibility index (Phi) is 4.91. The smallest absolute Gasteiger partial charge is 0.126 e. The summed E-state index contributed by atoms with van der Waals surface area (Å²) < 4.78 is 13.3. The normalized spacial score (nSPS) is 12.4. The van der Waals surface area contributed by atoms with Gasteiger partial charge in [-0.15, -0.1) is 0 Å². The summed E-state index contributed by atoms with van der Waals surface area (Å²) in [7, 11) is 0. The Balaban J connectivity index is 2.17. The molecule has 0 heterocycles. The van der Waals surface area contributed by atoms with E-state index in [1.165, 1.54) is 11.6 Å². The third kappa shape index (κ3) is 3.45. The zero-order chi connectivity index (χ0) is 14.5. The fourth-order valence-corrected chi connectivity index (χ4v) is 2.27. The van der Waals surface area contributed by atoms with E-state index in [9.17, 15) is 4.39 Å². The van der Waals surface area contributed by atoms with Crippen LogP contribution in [0.15, 0.2) is 42.5 Å². The fraction of sp³-hybridized carbons (Fsp3) is 0.333. The van der Waals surface area contributed by atoms with Crippen LogP contribution in [0.5, 0.6) is 0 Å². The molecule has 1 N–H and O–H groups in total. The summed E-state index contributed by atoms with van der Waals surface area (Å²) in [6.07, 6.45) is 1.14. The van der Waals surface area contributed by atoms with Gasteiger partial charge in [-0.25, -0.2) is 4.39 Å². The highest BCUT2D eigenvalue weighted by atomic mass is 19.1. The van der Waals surface area contributed by atoms with E-state index in [0.717, 1.165) is 24.1 Å². The molecule has 2 aromatic carbocycles. The zero-order valence-electron chi connectivity index (χ0n) is 12.4. The van der Waals surface area contributed by atoms with Gasteiger partial charge in [-0.3, -0.25) is 0 Å². The average Bonchev–Trinajstić information content (AvgIpc) is 2.48. The highest BCUT2D eigenvalue weighted by Crippen LogP contribution is 2.23. The molecule has 0 aromatic heterocycles. The molecule has 20 heavy (non-hydrogen) atoms. The first-order valence-electron chi connectivity index (χ1n) is 7.21. The number of hydrogen-bond donors (Lipinski definition) is 1. The van der Waals surface area contributed by atoms with Gasteiger partial charge >= 0.3 is 0 Å². The van der Waals surface area contributed by atoms with Gasteiger partial charge in [-0.05, 0) is 61.2 Å². The molecule has 0 bridgehead atoms. The Bertz CT molecular complexity index is 560. The number of rotatable bonds is 5. The van der Waals surface area contributed by atoms with E-state index >= 15 is 0 Å². The molecule has 2 rings (SSSR count). The molecule has 1 atom stereocenters. The van der Waals surface area contributed by atoms with Crippen LogP contribution in [0.1, 0.15) is 37.4 Å². The molecule has 0 saturated carbocycles. The summed E-state index contributed by atoms with van der Waals surface area (Å²) in [4.78, 5) is 0. The summed E-state index contributed by atoms with van der Waals surface area (Å²) in [5.74, 6) is -0.150. The maximum Gasteiger partial charge on any atom is 0.126 e. The Hall–Kier alpha value is -1.67. The minimum Gasteiger partial charge on any atom is -0.310 e. The van der Waals surface area contributed by atoms with Crippen LogP contribution in [-0.4, -0.2) is 6.54 Å². The van der Waals surface area contributed by atoms with Crippen molar-refractivity contribution < 1.29 is 4.39 Å². The van der Waals surface area contributed by atoms with Crippen molar-refractivity contribution in [3.63, 3.8) is 0 Å². The lowest BCUT2D eigenvalue weighted by Gasteiger charge is -2.14. The summed E-state index contributed by atoms with van der Waals surface area (Å²) in [5, 5.41) is 3.47. The van der Waals surface area contributed by atoms with Crippen LogP contribution < -0.4 is 5.32 Å². The standard InChI is InChI=1S/C18H22FN/c1-4-11-20-14(3)15-5-7-16(8-6-15)17-9-10-18(19)13(2)12-17/h5-10,12,14,20H,4,11H2,1-3H3. The molecule has 2 heteroatoms. The maximum absolute atomic E-state index is 13.3. The molecule has 1 nitrogen and oxygen atoms in total. The molecule has 106 valence electrons. The molecule has 1 unspecified atom stereocenters. The van der Waals surface area contributed by atoms with Gasteiger partial charge in [-0.1, -0.05) is 37.3 Å². The lowest BCUT2D eigenvalue weighted by Crippen LogP contribution is -2.19. The maximum atomic E-state index is 13.3. The van der Waals surface area contributed by atoms with Crippen LogP contribution in [0.4, 0.5) is 4.39 Å². The predicted molar refractivity (Wildman–Crippen MR) is 83.3 cm³/mol. The van der Waals surface area contributed by atoms with Crippen molar-refractivity contribution in [2.75, 3.05) is 6.54 Å². The van der Waals surface area contributed by atoms with Crippen LogP contribution in [-0.2, 0) is 0 Å². The number of aryl methyl sites for hydroxylation is 1. The Morgan fingerprint density at radius 1 is 1.05 bits per heavy atom. The second-order valence-corrected chi connectivity index (χ2v) is 5.26. The van der Waals surface area contributed by atoms with Crippen molar-refractivity contribution in [3.05, 3.63) is 59.4 Å². The van der Waals surface area contributed by atoms with Gasteiger partial charge in [0.25, 0.3) is 0 Å². The van der Waals surface area contributed by atoms with Crippen molar-refractivity contribution in [1.82, 2.24) is 5.32 Å². The van der Waals surface area contributed by atoms with E-state index in [1.54, 1.807) is 6.92 Å². The molecule has 0 spiro atoms. The molecule has 0 amide bonds. The van der Waals surface area contributed by atoms with E-state index in [-0.39, 0.29) is 5.82 Å². The second-order valence-electron chi connectivity index (χ2n) is 5.26. The second kappa shape index (κ2) is 6.67. The quantitative estimate of drug-likeness (QED) is 0.818. The fourth-order valence-electron chi connectivity index (χ4n) is 2.27. The van der Waals surface area contributed by atoms with Gasteiger partial charge in [-0.2, -0.15) is 0 Å². The lowest BCUT2D eigenvalue weighted by molar-refractivity contribution is 0.571. The monoisotopic (exact) mass is 271 g/mol. The highest BCUT2D eigenvalue weighted by Gasteiger charge is 2.05. The van der Waals surface area contributed by atoms with Gasteiger partial charge in [0, 0.05) is 6.04 Å².